The third-order valence-electron chi connectivity index (χ3n) is 1.79. The number of halogens is 3. The molecule has 0 aliphatic rings. The Morgan fingerprint density at radius 3 is 2.76 bits per heavy atom. The van der Waals surface area contributed by atoms with Crippen LogP contribution in [0, 0.1) is 0 Å². The quantitative estimate of drug-likeness (QED) is 0.607. The zero-order valence-electron chi connectivity index (χ0n) is 8.99. The van der Waals surface area contributed by atoms with E-state index in [2.05, 4.69) is 9.72 Å². The third kappa shape index (κ3) is 4.26. The predicted molar refractivity (Wildman–Crippen MR) is 54.9 cm³/mol. The molecule has 0 spiro atoms. The zero-order chi connectivity index (χ0) is 12.9. The molecule has 6 heteroatoms. The van der Waals surface area contributed by atoms with Gasteiger partial charge in [-0.05, 0) is 24.6 Å². The number of rotatable bonds is 3. The second-order valence-electron chi connectivity index (χ2n) is 3.09. The van der Waals surface area contributed by atoms with E-state index in [-0.39, 0.29) is 12.2 Å². The number of esters is 1. The van der Waals surface area contributed by atoms with Crippen molar-refractivity contribution in [3.8, 4) is 0 Å². The van der Waals surface area contributed by atoms with Crippen LogP contribution >= 0.6 is 0 Å². The van der Waals surface area contributed by atoms with Gasteiger partial charge in [-0.1, -0.05) is 0 Å². The summed E-state index contributed by atoms with van der Waals surface area (Å²) < 4.78 is 41.6. The van der Waals surface area contributed by atoms with E-state index in [1.54, 1.807) is 6.92 Å². The number of carbonyl (C=O) groups is 1. The molecule has 0 radical (unpaired) electrons. The van der Waals surface area contributed by atoms with Gasteiger partial charge in [0.1, 0.15) is 0 Å². The van der Waals surface area contributed by atoms with Crippen LogP contribution in [-0.2, 0) is 15.7 Å². The van der Waals surface area contributed by atoms with Crippen LogP contribution in [0.1, 0.15) is 18.1 Å². The van der Waals surface area contributed by atoms with E-state index < -0.39 is 17.7 Å². The molecule has 1 aromatic rings. The highest BCUT2D eigenvalue weighted by Crippen LogP contribution is 2.29. The normalized spacial score (nSPS) is 11.8. The Kier molecular flexibility index (Phi) is 4.25. The van der Waals surface area contributed by atoms with Crippen LogP contribution in [0.2, 0.25) is 0 Å². The lowest BCUT2D eigenvalue weighted by Crippen LogP contribution is -2.05. The molecule has 0 aromatic carbocycles. The first kappa shape index (κ1) is 13.2. The molecule has 0 unspecified atom stereocenters. The number of ether oxygens (including phenoxy) is 1. The van der Waals surface area contributed by atoms with Crippen molar-refractivity contribution in [2.75, 3.05) is 6.61 Å². The summed E-state index contributed by atoms with van der Waals surface area (Å²) in [6, 6.07) is 0.905. The van der Waals surface area contributed by atoms with Gasteiger partial charge < -0.3 is 4.74 Å². The van der Waals surface area contributed by atoms with Gasteiger partial charge in [0.05, 0.1) is 12.2 Å². The maximum Gasteiger partial charge on any atom is 0.417 e. The van der Waals surface area contributed by atoms with Gasteiger partial charge in [0.2, 0.25) is 0 Å². The molecule has 0 amide bonds. The lowest BCUT2D eigenvalue weighted by molar-refractivity contribution is -0.138. The van der Waals surface area contributed by atoms with Gasteiger partial charge in [-0.3, -0.25) is 4.98 Å². The second-order valence-corrected chi connectivity index (χ2v) is 3.09. The maximum absolute atomic E-state index is 12.3. The predicted octanol–water partition coefficient (Wildman–Crippen LogP) is 2.68. The fourth-order valence-electron chi connectivity index (χ4n) is 1.06. The van der Waals surface area contributed by atoms with Gasteiger partial charge in [-0.25, -0.2) is 4.79 Å². The summed E-state index contributed by atoms with van der Waals surface area (Å²) in [4.78, 5) is 14.4. The molecular formula is C11H10F3NO2. The number of alkyl halides is 3. The van der Waals surface area contributed by atoms with Crippen molar-refractivity contribution in [2.24, 2.45) is 0 Å². The Hall–Kier alpha value is -1.85. The first-order chi connectivity index (χ1) is 7.93. The first-order valence-electron chi connectivity index (χ1n) is 4.80. The van der Waals surface area contributed by atoms with Crippen LogP contribution in [-0.4, -0.2) is 17.6 Å². The molecule has 17 heavy (non-hydrogen) atoms. The van der Waals surface area contributed by atoms with Crippen molar-refractivity contribution in [1.82, 2.24) is 4.98 Å². The van der Waals surface area contributed by atoms with E-state index in [4.69, 9.17) is 0 Å². The Labute approximate surface area is 95.9 Å². The van der Waals surface area contributed by atoms with Gasteiger partial charge in [0.25, 0.3) is 0 Å². The van der Waals surface area contributed by atoms with Crippen molar-refractivity contribution in [3.05, 3.63) is 35.7 Å². The van der Waals surface area contributed by atoms with Crippen LogP contribution in [0.3, 0.4) is 0 Å². The average molecular weight is 245 g/mol. The summed E-state index contributed by atoms with van der Waals surface area (Å²) in [5.41, 5.74) is -0.670. The molecule has 3 nitrogen and oxygen atoms in total. The van der Waals surface area contributed by atoms with E-state index in [9.17, 15) is 18.0 Å². The lowest BCUT2D eigenvalue weighted by Gasteiger charge is -2.05. The van der Waals surface area contributed by atoms with Crippen molar-refractivity contribution in [2.45, 2.75) is 13.1 Å². The molecule has 0 atom stereocenters. The molecule has 0 bridgehead atoms. The Bertz CT molecular complexity index is 427. The van der Waals surface area contributed by atoms with Crippen LogP contribution in [0.4, 0.5) is 13.2 Å². The molecule has 0 aliphatic carbocycles. The molecule has 0 fully saturated rings. The summed E-state index contributed by atoms with van der Waals surface area (Å²) in [7, 11) is 0. The van der Waals surface area contributed by atoms with Crippen LogP contribution in [0.15, 0.2) is 24.5 Å². The van der Waals surface area contributed by atoms with Gasteiger partial charge in [-0.15, -0.1) is 0 Å². The topological polar surface area (TPSA) is 39.2 Å². The number of hydrogen-bond acceptors (Lipinski definition) is 3. The molecule has 0 saturated carbocycles. The lowest BCUT2D eigenvalue weighted by atomic mass is 10.2. The van der Waals surface area contributed by atoms with Gasteiger partial charge in [-0.2, -0.15) is 13.2 Å². The summed E-state index contributed by atoms with van der Waals surface area (Å²) >= 11 is 0. The molecule has 0 aliphatic heterocycles. The van der Waals surface area contributed by atoms with Crippen LogP contribution in [0.5, 0.6) is 0 Å². The smallest absolute Gasteiger partial charge is 0.417 e. The van der Waals surface area contributed by atoms with Gasteiger partial charge >= 0.3 is 12.1 Å². The highest BCUT2D eigenvalue weighted by atomic mass is 19.4. The monoisotopic (exact) mass is 245 g/mol. The second kappa shape index (κ2) is 5.47. The molecule has 1 rings (SSSR count). The van der Waals surface area contributed by atoms with E-state index in [0.29, 0.717) is 0 Å². The molecule has 1 heterocycles. The Morgan fingerprint density at radius 2 is 2.18 bits per heavy atom. The number of aromatic nitrogens is 1. The maximum atomic E-state index is 12.3. The van der Waals surface area contributed by atoms with Crippen molar-refractivity contribution in [1.29, 1.82) is 0 Å². The molecule has 0 saturated heterocycles. The molecule has 1 aromatic heterocycles. The fraction of sp³-hybridized carbons (Fsp3) is 0.273. The average Bonchev–Trinajstić information content (AvgIpc) is 2.26. The number of nitrogens with zero attached hydrogens (tertiary/aromatic N) is 1. The minimum Gasteiger partial charge on any atom is -0.463 e. The fourth-order valence-corrected chi connectivity index (χ4v) is 1.06. The van der Waals surface area contributed by atoms with E-state index in [1.165, 1.54) is 12.3 Å². The summed E-state index contributed by atoms with van der Waals surface area (Å²) in [5, 5.41) is 0. The summed E-state index contributed by atoms with van der Waals surface area (Å²) in [5.74, 6) is -0.607. The number of carbonyl (C=O) groups excluding carboxylic acids is 1. The van der Waals surface area contributed by atoms with Gasteiger partial charge in [0, 0.05) is 18.5 Å². The number of hydrogen-bond donors (Lipinski definition) is 0. The van der Waals surface area contributed by atoms with Crippen molar-refractivity contribution < 1.29 is 22.7 Å². The van der Waals surface area contributed by atoms with E-state index in [0.717, 1.165) is 18.3 Å². The van der Waals surface area contributed by atoms with E-state index >= 15 is 0 Å². The Morgan fingerprint density at radius 1 is 1.47 bits per heavy atom. The van der Waals surface area contributed by atoms with Crippen LogP contribution < -0.4 is 0 Å². The van der Waals surface area contributed by atoms with Crippen molar-refractivity contribution >= 4 is 12.0 Å². The Balaban J connectivity index is 2.83. The third-order valence-corrected chi connectivity index (χ3v) is 1.79. The summed E-state index contributed by atoms with van der Waals surface area (Å²) in [6.45, 7) is 1.85. The highest BCUT2D eigenvalue weighted by Gasteiger charge is 2.30. The standard InChI is InChI=1S/C11H10F3NO2/c1-2-17-10(16)4-3-8-5-9(7-15-6-8)11(12,13)14/h3-7H,2H2,1H3/b4-3+. The van der Waals surface area contributed by atoms with E-state index in [1.807, 2.05) is 0 Å². The highest BCUT2D eigenvalue weighted by molar-refractivity contribution is 5.86. The van der Waals surface area contributed by atoms with Crippen molar-refractivity contribution in [3.63, 3.8) is 0 Å². The van der Waals surface area contributed by atoms with Crippen LogP contribution in [0.25, 0.3) is 6.08 Å². The minimum atomic E-state index is -4.44. The molecule has 92 valence electrons. The first-order valence-corrected chi connectivity index (χ1v) is 4.80. The number of pyridine rings is 1. The zero-order valence-corrected chi connectivity index (χ0v) is 8.99. The molecule has 0 N–H and O–H groups in total. The minimum absolute atomic E-state index is 0.188. The summed E-state index contributed by atoms with van der Waals surface area (Å²) in [6.07, 6.45) is -0.214. The van der Waals surface area contributed by atoms with Gasteiger partial charge in [0.15, 0.2) is 0 Å². The SMILES string of the molecule is CCOC(=O)/C=C/c1cncc(C(F)(F)F)c1. The molecular weight excluding hydrogens is 235 g/mol. The largest absolute Gasteiger partial charge is 0.463 e.